The molecule has 0 spiro atoms. The minimum Gasteiger partial charge on any atom is -0.467 e. The zero-order valence-electron chi connectivity index (χ0n) is 16.7. The maximum absolute atomic E-state index is 12.4. The summed E-state index contributed by atoms with van der Waals surface area (Å²) in [7, 11) is 0. The second-order valence-corrected chi connectivity index (χ2v) is 8.55. The van der Waals surface area contributed by atoms with E-state index < -0.39 is 0 Å². The third-order valence-electron chi connectivity index (χ3n) is 4.22. The summed E-state index contributed by atoms with van der Waals surface area (Å²) in [6.45, 7) is 9.26. The van der Waals surface area contributed by atoms with Gasteiger partial charge in [0.2, 0.25) is 5.91 Å². The SMILES string of the molecule is Cc1cccc(-c2nnc(SC(C)C(=O)NCC(C)C)n2Cc2ccco2)c1. The van der Waals surface area contributed by atoms with Crippen molar-refractivity contribution in [2.45, 2.75) is 44.6 Å². The van der Waals surface area contributed by atoms with Gasteiger partial charge in [0.25, 0.3) is 0 Å². The number of thioether (sulfide) groups is 1. The molecular weight excluding hydrogens is 372 g/mol. The van der Waals surface area contributed by atoms with E-state index in [1.54, 1.807) is 6.26 Å². The first kappa shape index (κ1) is 20.2. The standard InChI is InChI=1S/C21H26N4O2S/c1-14(2)12-22-20(26)16(4)28-21-24-23-19(17-8-5-7-15(3)11-17)25(21)13-18-9-6-10-27-18/h5-11,14,16H,12-13H2,1-4H3,(H,22,26). The molecule has 0 fully saturated rings. The highest BCUT2D eigenvalue weighted by molar-refractivity contribution is 8.00. The van der Waals surface area contributed by atoms with Gasteiger partial charge in [0.15, 0.2) is 11.0 Å². The summed E-state index contributed by atoms with van der Waals surface area (Å²) in [5, 5.41) is 12.2. The number of aromatic nitrogens is 3. The van der Waals surface area contributed by atoms with Crippen LogP contribution in [0.2, 0.25) is 0 Å². The second kappa shape index (κ2) is 9.10. The van der Waals surface area contributed by atoms with Crippen LogP contribution in [0, 0.1) is 12.8 Å². The smallest absolute Gasteiger partial charge is 0.233 e. The number of benzene rings is 1. The fourth-order valence-electron chi connectivity index (χ4n) is 2.73. The first-order chi connectivity index (χ1) is 13.4. The number of nitrogens with zero attached hydrogens (tertiary/aromatic N) is 3. The molecule has 148 valence electrons. The van der Waals surface area contributed by atoms with E-state index in [2.05, 4.69) is 35.4 Å². The second-order valence-electron chi connectivity index (χ2n) is 7.24. The molecule has 0 aliphatic carbocycles. The van der Waals surface area contributed by atoms with Gasteiger partial charge in [-0.15, -0.1) is 10.2 Å². The molecule has 0 radical (unpaired) electrons. The van der Waals surface area contributed by atoms with Crippen LogP contribution in [-0.2, 0) is 11.3 Å². The number of amides is 1. The van der Waals surface area contributed by atoms with Gasteiger partial charge in [-0.25, -0.2) is 0 Å². The molecule has 1 N–H and O–H groups in total. The molecule has 7 heteroatoms. The topological polar surface area (TPSA) is 73.0 Å². The summed E-state index contributed by atoms with van der Waals surface area (Å²) in [6, 6.07) is 11.9. The highest BCUT2D eigenvalue weighted by atomic mass is 32.2. The molecule has 0 saturated heterocycles. The summed E-state index contributed by atoms with van der Waals surface area (Å²) in [5.41, 5.74) is 2.14. The predicted molar refractivity (Wildman–Crippen MR) is 111 cm³/mol. The van der Waals surface area contributed by atoms with Gasteiger partial charge in [-0.1, -0.05) is 49.4 Å². The number of aryl methyl sites for hydroxylation is 1. The van der Waals surface area contributed by atoms with Gasteiger partial charge in [0.1, 0.15) is 5.76 Å². The lowest BCUT2D eigenvalue weighted by molar-refractivity contribution is -0.120. The highest BCUT2D eigenvalue weighted by Gasteiger charge is 2.21. The molecule has 0 saturated carbocycles. The van der Waals surface area contributed by atoms with Gasteiger partial charge >= 0.3 is 0 Å². The number of rotatable bonds is 8. The Hall–Kier alpha value is -2.54. The lowest BCUT2D eigenvalue weighted by atomic mass is 10.1. The van der Waals surface area contributed by atoms with E-state index in [0.29, 0.717) is 24.2 Å². The quantitative estimate of drug-likeness (QED) is 0.577. The van der Waals surface area contributed by atoms with Crippen molar-refractivity contribution in [2.24, 2.45) is 5.92 Å². The number of carbonyl (C=O) groups excluding carboxylic acids is 1. The summed E-state index contributed by atoms with van der Waals surface area (Å²) >= 11 is 1.41. The van der Waals surface area contributed by atoms with Crippen molar-refractivity contribution >= 4 is 17.7 Å². The average molecular weight is 399 g/mol. The Morgan fingerprint density at radius 2 is 2.04 bits per heavy atom. The first-order valence-corrected chi connectivity index (χ1v) is 10.3. The number of hydrogen-bond acceptors (Lipinski definition) is 5. The van der Waals surface area contributed by atoms with Crippen LogP contribution in [0.4, 0.5) is 0 Å². The van der Waals surface area contributed by atoms with Crippen molar-refractivity contribution in [3.05, 3.63) is 54.0 Å². The van der Waals surface area contributed by atoms with Crippen molar-refractivity contribution in [1.29, 1.82) is 0 Å². The van der Waals surface area contributed by atoms with Crippen molar-refractivity contribution in [3.8, 4) is 11.4 Å². The predicted octanol–water partition coefficient (Wildman–Crippen LogP) is 4.15. The van der Waals surface area contributed by atoms with Crippen LogP contribution in [0.1, 0.15) is 32.1 Å². The van der Waals surface area contributed by atoms with Crippen LogP contribution in [0.3, 0.4) is 0 Å². The van der Waals surface area contributed by atoms with E-state index in [4.69, 9.17) is 4.42 Å². The van der Waals surface area contributed by atoms with E-state index in [1.165, 1.54) is 11.8 Å². The minimum absolute atomic E-state index is 0.00311. The molecule has 2 aromatic heterocycles. The van der Waals surface area contributed by atoms with E-state index in [1.807, 2.05) is 48.7 Å². The Balaban J connectivity index is 1.87. The monoisotopic (exact) mass is 398 g/mol. The average Bonchev–Trinajstić information content (AvgIpc) is 3.30. The summed E-state index contributed by atoms with van der Waals surface area (Å²) in [5.74, 6) is 1.99. The third kappa shape index (κ3) is 5.04. The van der Waals surface area contributed by atoms with Gasteiger partial charge in [-0.05, 0) is 38.0 Å². The molecule has 1 unspecified atom stereocenters. The summed E-state index contributed by atoms with van der Waals surface area (Å²) in [6.07, 6.45) is 1.65. The van der Waals surface area contributed by atoms with Gasteiger partial charge in [-0.2, -0.15) is 0 Å². The van der Waals surface area contributed by atoms with Gasteiger partial charge in [0.05, 0.1) is 18.1 Å². The largest absolute Gasteiger partial charge is 0.467 e. The molecule has 1 amide bonds. The molecule has 28 heavy (non-hydrogen) atoms. The van der Waals surface area contributed by atoms with Gasteiger partial charge < -0.3 is 9.73 Å². The maximum Gasteiger partial charge on any atom is 0.233 e. The zero-order chi connectivity index (χ0) is 20.1. The fraction of sp³-hybridized carbons (Fsp3) is 0.381. The van der Waals surface area contributed by atoms with Crippen LogP contribution in [0.25, 0.3) is 11.4 Å². The molecule has 0 bridgehead atoms. The lowest BCUT2D eigenvalue weighted by Crippen LogP contribution is -2.33. The van der Waals surface area contributed by atoms with Crippen molar-refractivity contribution < 1.29 is 9.21 Å². The van der Waals surface area contributed by atoms with Gasteiger partial charge in [-0.3, -0.25) is 9.36 Å². The van der Waals surface area contributed by atoms with Crippen LogP contribution in [0.5, 0.6) is 0 Å². The number of hydrogen-bond donors (Lipinski definition) is 1. The fourth-order valence-corrected chi connectivity index (χ4v) is 3.61. The maximum atomic E-state index is 12.4. The third-order valence-corrected chi connectivity index (χ3v) is 5.30. The Morgan fingerprint density at radius 3 is 2.71 bits per heavy atom. The molecule has 3 rings (SSSR count). The molecule has 0 aliphatic heterocycles. The Labute approximate surface area is 169 Å². The van der Waals surface area contributed by atoms with Crippen molar-refractivity contribution in [2.75, 3.05) is 6.54 Å². The van der Waals surface area contributed by atoms with Crippen LogP contribution < -0.4 is 5.32 Å². The van der Waals surface area contributed by atoms with Crippen LogP contribution in [0.15, 0.2) is 52.2 Å². The molecule has 3 aromatic rings. The van der Waals surface area contributed by atoms with Crippen molar-refractivity contribution in [3.63, 3.8) is 0 Å². The molecule has 6 nitrogen and oxygen atoms in total. The number of furan rings is 1. The lowest BCUT2D eigenvalue weighted by Gasteiger charge is -2.14. The highest BCUT2D eigenvalue weighted by Crippen LogP contribution is 2.28. The van der Waals surface area contributed by atoms with Crippen molar-refractivity contribution in [1.82, 2.24) is 20.1 Å². The van der Waals surface area contributed by atoms with Crippen LogP contribution in [-0.4, -0.2) is 32.5 Å². The molecule has 1 atom stereocenters. The Kier molecular flexibility index (Phi) is 6.57. The summed E-state index contributed by atoms with van der Waals surface area (Å²) < 4.78 is 7.53. The zero-order valence-corrected chi connectivity index (χ0v) is 17.5. The van der Waals surface area contributed by atoms with E-state index in [-0.39, 0.29) is 11.2 Å². The molecule has 0 aliphatic rings. The Morgan fingerprint density at radius 1 is 1.21 bits per heavy atom. The normalized spacial score (nSPS) is 12.3. The first-order valence-electron chi connectivity index (χ1n) is 9.41. The molecule has 2 heterocycles. The van der Waals surface area contributed by atoms with E-state index in [9.17, 15) is 4.79 Å². The number of nitrogens with one attached hydrogen (secondary N) is 1. The van der Waals surface area contributed by atoms with Crippen LogP contribution >= 0.6 is 11.8 Å². The Bertz CT molecular complexity index is 918. The minimum atomic E-state index is -0.274. The van der Waals surface area contributed by atoms with E-state index >= 15 is 0 Å². The van der Waals surface area contributed by atoms with E-state index in [0.717, 1.165) is 22.7 Å². The number of carbonyl (C=O) groups is 1. The summed E-state index contributed by atoms with van der Waals surface area (Å²) in [4.78, 5) is 12.4. The molecule has 1 aromatic carbocycles. The van der Waals surface area contributed by atoms with Gasteiger partial charge in [0, 0.05) is 12.1 Å². The molecular formula is C21H26N4O2S.